The van der Waals surface area contributed by atoms with Gasteiger partial charge in [0.2, 0.25) is 0 Å². The van der Waals surface area contributed by atoms with E-state index in [1.807, 2.05) is 0 Å². The molecule has 0 radical (unpaired) electrons. The maximum absolute atomic E-state index is 10.6. The summed E-state index contributed by atoms with van der Waals surface area (Å²) < 4.78 is 5.47. The van der Waals surface area contributed by atoms with Crippen LogP contribution in [0.1, 0.15) is 38.2 Å². The molecule has 0 aliphatic carbocycles. The second kappa shape index (κ2) is 8.06. The molecule has 0 spiro atoms. The number of hydrogen-bond donors (Lipinski definition) is 0. The Hall–Kier alpha value is -1.13. The Balaban J connectivity index is 2.41. The van der Waals surface area contributed by atoms with Crippen molar-refractivity contribution in [3.8, 4) is 0 Å². The van der Waals surface area contributed by atoms with Gasteiger partial charge in [-0.25, -0.2) is 0 Å². The molecule has 0 saturated carbocycles. The molecule has 0 fully saturated rings. The second-order valence-corrected chi connectivity index (χ2v) is 4.55. The fourth-order valence-corrected chi connectivity index (χ4v) is 1.77. The standard InChI is InChI=1S/C13H18ClNO3/c1-2-3-4-5-8-18-10-11-9-12(15(16)17)6-7-13(11)14/h6-7,9H,2-5,8,10H2,1H3. The minimum atomic E-state index is -0.429. The van der Waals surface area contributed by atoms with Crippen molar-refractivity contribution >= 4 is 17.3 Å². The zero-order chi connectivity index (χ0) is 13.4. The lowest BCUT2D eigenvalue weighted by atomic mass is 10.2. The lowest BCUT2D eigenvalue weighted by Crippen LogP contribution is -1.98. The van der Waals surface area contributed by atoms with Crippen molar-refractivity contribution < 1.29 is 9.66 Å². The summed E-state index contributed by atoms with van der Waals surface area (Å²) >= 11 is 5.96. The fourth-order valence-electron chi connectivity index (χ4n) is 1.60. The predicted octanol–water partition coefficient (Wildman–Crippen LogP) is 4.35. The first-order valence-corrected chi connectivity index (χ1v) is 6.53. The molecule has 1 aromatic carbocycles. The maximum Gasteiger partial charge on any atom is 0.269 e. The van der Waals surface area contributed by atoms with E-state index >= 15 is 0 Å². The topological polar surface area (TPSA) is 52.4 Å². The number of nitrogens with zero attached hydrogens (tertiary/aromatic N) is 1. The molecular weight excluding hydrogens is 254 g/mol. The SMILES string of the molecule is CCCCCCOCc1cc([N+](=O)[O-])ccc1Cl. The van der Waals surface area contributed by atoms with E-state index in [-0.39, 0.29) is 5.69 Å². The number of hydrogen-bond acceptors (Lipinski definition) is 3. The van der Waals surface area contributed by atoms with Gasteiger partial charge in [0.1, 0.15) is 0 Å². The Morgan fingerprint density at radius 2 is 2.11 bits per heavy atom. The number of nitro benzene ring substituents is 1. The Morgan fingerprint density at radius 3 is 2.78 bits per heavy atom. The van der Waals surface area contributed by atoms with Crippen LogP contribution < -0.4 is 0 Å². The molecule has 0 amide bonds. The van der Waals surface area contributed by atoms with E-state index in [9.17, 15) is 10.1 Å². The van der Waals surface area contributed by atoms with Crippen molar-refractivity contribution in [2.24, 2.45) is 0 Å². The largest absolute Gasteiger partial charge is 0.377 e. The summed E-state index contributed by atoms with van der Waals surface area (Å²) in [5.41, 5.74) is 0.713. The van der Waals surface area contributed by atoms with Gasteiger partial charge in [0.05, 0.1) is 11.5 Å². The summed E-state index contributed by atoms with van der Waals surface area (Å²) in [7, 11) is 0. The van der Waals surface area contributed by atoms with Gasteiger partial charge < -0.3 is 4.74 Å². The molecule has 0 saturated heterocycles. The quantitative estimate of drug-likeness (QED) is 0.401. The van der Waals surface area contributed by atoms with Crippen LogP contribution in [-0.2, 0) is 11.3 Å². The van der Waals surface area contributed by atoms with Crippen LogP contribution in [-0.4, -0.2) is 11.5 Å². The molecular formula is C13H18ClNO3. The van der Waals surface area contributed by atoms with Crippen LogP contribution in [0.5, 0.6) is 0 Å². The summed E-state index contributed by atoms with van der Waals surface area (Å²) in [5.74, 6) is 0. The molecule has 0 atom stereocenters. The van der Waals surface area contributed by atoms with E-state index in [0.29, 0.717) is 23.8 Å². The summed E-state index contributed by atoms with van der Waals surface area (Å²) in [4.78, 5) is 10.2. The first-order chi connectivity index (χ1) is 8.65. The second-order valence-electron chi connectivity index (χ2n) is 4.15. The molecule has 0 unspecified atom stereocenters. The molecule has 0 heterocycles. The van der Waals surface area contributed by atoms with Crippen LogP contribution in [0.15, 0.2) is 18.2 Å². The molecule has 1 aromatic rings. The van der Waals surface area contributed by atoms with Crippen molar-refractivity contribution in [3.05, 3.63) is 38.9 Å². The van der Waals surface area contributed by atoms with Crippen LogP contribution in [0, 0.1) is 10.1 Å². The minimum Gasteiger partial charge on any atom is -0.377 e. The predicted molar refractivity (Wildman–Crippen MR) is 71.9 cm³/mol. The zero-order valence-corrected chi connectivity index (χ0v) is 11.3. The van der Waals surface area contributed by atoms with Crippen molar-refractivity contribution in [1.29, 1.82) is 0 Å². The van der Waals surface area contributed by atoms with Gasteiger partial charge in [0.15, 0.2) is 0 Å². The van der Waals surface area contributed by atoms with Gasteiger partial charge in [0, 0.05) is 29.3 Å². The minimum absolute atomic E-state index is 0.0454. The Morgan fingerprint density at radius 1 is 1.33 bits per heavy atom. The number of benzene rings is 1. The van der Waals surface area contributed by atoms with E-state index in [1.54, 1.807) is 0 Å². The number of nitro groups is 1. The van der Waals surface area contributed by atoms with Crippen LogP contribution in [0.2, 0.25) is 5.02 Å². The van der Waals surface area contributed by atoms with Gasteiger partial charge >= 0.3 is 0 Å². The smallest absolute Gasteiger partial charge is 0.269 e. The average molecular weight is 272 g/mol. The number of halogens is 1. The van der Waals surface area contributed by atoms with Gasteiger partial charge in [-0.1, -0.05) is 37.8 Å². The monoisotopic (exact) mass is 271 g/mol. The van der Waals surface area contributed by atoms with E-state index in [4.69, 9.17) is 16.3 Å². The summed E-state index contributed by atoms with van der Waals surface area (Å²) in [6, 6.07) is 4.40. The van der Waals surface area contributed by atoms with E-state index in [2.05, 4.69) is 6.92 Å². The van der Waals surface area contributed by atoms with Crippen LogP contribution in [0.4, 0.5) is 5.69 Å². The molecule has 4 nitrogen and oxygen atoms in total. The molecule has 0 aliphatic heterocycles. The number of rotatable bonds is 8. The van der Waals surface area contributed by atoms with E-state index < -0.39 is 4.92 Å². The first-order valence-electron chi connectivity index (χ1n) is 6.15. The molecule has 0 aliphatic rings. The van der Waals surface area contributed by atoms with E-state index in [0.717, 1.165) is 12.8 Å². The third-order valence-electron chi connectivity index (χ3n) is 2.64. The number of non-ortho nitro benzene ring substituents is 1. The summed E-state index contributed by atoms with van der Waals surface area (Å²) in [6.45, 7) is 3.15. The Bertz CT molecular complexity index is 396. The van der Waals surface area contributed by atoms with Crippen molar-refractivity contribution in [2.45, 2.75) is 39.2 Å². The molecule has 18 heavy (non-hydrogen) atoms. The molecule has 0 bridgehead atoms. The van der Waals surface area contributed by atoms with Gasteiger partial charge in [-0.3, -0.25) is 10.1 Å². The van der Waals surface area contributed by atoms with Crippen LogP contribution in [0.25, 0.3) is 0 Å². The van der Waals surface area contributed by atoms with Crippen LogP contribution in [0.3, 0.4) is 0 Å². The fraction of sp³-hybridized carbons (Fsp3) is 0.538. The normalized spacial score (nSPS) is 10.6. The number of unbranched alkanes of at least 4 members (excludes halogenated alkanes) is 3. The summed E-state index contributed by atoms with van der Waals surface area (Å²) in [6.07, 6.45) is 4.57. The van der Waals surface area contributed by atoms with Crippen molar-refractivity contribution in [2.75, 3.05) is 6.61 Å². The highest BCUT2D eigenvalue weighted by atomic mass is 35.5. The number of ether oxygens (including phenoxy) is 1. The van der Waals surface area contributed by atoms with Crippen molar-refractivity contribution in [1.82, 2.24) is 0 Å². The maximum atomic E-state index is 10.6. The van der Waals surface area contributed by atoms with Gasteiger partial charge in [-0.05, 0) is 12.5 Å². The van der Waals surface area contributed by atoms with Crippen molar-refractivity contribution in [3.63, 3.8) is 0 Å². The molecule has 0 N–H and O–H groups in total. The van der Waals surface area contributed by atoms with E-state index in [1.165, 1.54) is 31.0 Å². The molecule has 1 rings (SSSR count). The lowest BCUT2D eigenvalue weighted by Gasteiger charge is -2.06. The molecule has 5 heteroatoms. The Kier molecular flexibility index (Phi) is 6.68. The Labute approximate surface area is 112 Å². The third kappa shape index (κ3) is 5.02. The zero-order valence-electron chi connectivity index (χ0n) is 10.5. The van der Waals surface area contributed by atoms with Gasteiger partial charge in [-0.15, -0.1) is 0 Å². The van der Waals surface area contributed by atoms with Crippen LogP contribution >= 0.6 is 11.6 Å². The highest BCUT2D eigenvalue weighted by molar-refractivity contribution is 6.31. The highest BCUT2D eigenvalue weighted by Crippen LogP contribution is 2.22. The molecule has 100 valence electrons. The van der Waals surface area contributed by atoms with Gasteiger partial charge in [0.25, 0.3) is 5.69 Å². The first kappa shape index (κ1) is 14.9. The highest BCUT2D eigenvalue weighted by Gasteiger charge is 2.09. The third-order valence-corrected chi connectivity index (χ3v) is 3.01. The van der Waals surface area contributed by atoms with Gasteiger partial charge in [-0.2, -0.15) is 0 Å². The molecule has 0 aromatic heterocycles. The average Bonchev–Trinajstić information content (AvgIpc) is 2.35. The summed E-state index contributed by atoms with van der Waals surface area (Å²) in [5, 5.41) is 11.1. The lowest BCUT2D eigenvalue weighted by molar-refractivity contribution is -0.384.